The van der Waals surface area contributed by atoms with Crippen molar-refractivity contribution in [3.8, 4) is 0 Å². The summed E-state index contributed by atoms with van der Waals surface area (Å²) >= 11 is 0. The van der Waals surface area contributed by atoms with Gasteiger partial charge in [0.25, 0.3) is 10.1 Å². The first-order valence-corrected chi connectivity index (χ1v) is 8.82. The third kappa shape index (κ3) is 28.2. The van der Waals surface area contributed by atoms with Crippen LogP contribution in [0.1, 0.15) is 47.5 Å². The maximum absolute atomic E-state index is 9.95. The van der Waals surface area contributed by atoms with E-state index < -0.39 is 22.1 Å². The van der Waals surface area contributed by atoms with Crippen LogP contribution in [0.5, 0.6) is 0 Å². The van der Waals surface area contributed by atoms with Gasteiger partial charge in [-0.1, -0.05) is 34.1 Å². The van der Waals surface area contributed by atoms with Gasteiger partial charge in [0.2, 0.25) is 0 Å². The number of rotatable bonds is 7. The van der Waals surface area contributed by atoms with E-state index in [9.17, 15) is 13.2 Å². The van der Waals surface area contributed by atoms with Crippen molar-refractivity contribution in [2.45, 2.75) is 53.5 Å². The van der Waals surface area contributed by atoms with Crippen LogP contribution in [0.2, 0.25) is 0 Å². The molecule has 0 fully saturated rings. The van der Waals surface area contributed by atoms with Crippen molar-refractivity contribution in [2.75, 3.05) is 25.4 Å². The molecule has 0 spiro atoms. The molecule has 0 radical (unpaired) electrons. The van der Waals surface area contributed by atoms with Crippen LogP contribution in [0.15, 0.2) is 0 Å². The monoisotopic (exact) mass is 328 g/mol. The van der Waals surface area contributed by atoms with Gasteiger partial charge in [-0.15, -0.1) is 0 Å². The maximum Gasteiger partial charge on any atom is 0.320 e. The number of aliphatic carboxylic acids is 1. The second-order valence-corrected chi connectivity index (χ2v) is 5.96. The highest BCUT2D eigenvalue weighted by Crippen LogP contribution is 1.90. The molecule has 7 nitrogen and oxygen atoms in total. The summed E-state index contributed by atoms with van der Waals surface area (Å²) in [6, 6.07) is -0.731. The van der Waals surface area contributed by atoms with Gasteiger partial charge < -0.3 is 15.7 Å². The van der Waals surface area contributed by atoms with Crippen LogP contribution in [0.3, 0.4) is 0 Å². The summed E-state index contributed by atoms with van der Waals surface area (Å²) < 4.78 is 28.0. The molecule has 0 amide bonds. The van der Waals surface area contributed by atoms with Gasteiger partial charge in [-0.25, -0.2) is 0 Å². The first-order chi connectivity index (χ1) is 9.55. The second-order valence-electron chi connectivity index (χ2n) is 4.39. The third-order valence-electron chi connectivity index (χ3n) is 2.49. The molecule has 8 heteroatoms. The number of hydrogen-bond acceptors (Lipinski definition) is 5. The molecule has 0 aliphatic rings. The summed E-state index contributed by atoms with van der Waals surface area (Å²) in [5.74, 6) is -1.07. The molecule has 0 aliphatic heterocycles. The predicted octanol–water partition coefficient (Wildman–Crippen LogP) is 1.44. The van der Waals surface area contributed by atoms with Gasteiger partial charge in [0.05, 0.1) is 5.75 Å². The summed E-state index contributed by atoms with van der Waals surface area (Å²) in [5.41, 5.74) is 4.84. The Kier molecular flexibility index (Phi) is 18.9. The Morgan fingerprint density at radius 2 is 1.48 bits per heavy atom. The van der Waals surface area contributed by atoms with Gasteiger partial charge in [-0.05, 0) is 33.0 Å². The molecule has 0 rings (SSSR count). The molecule has 0 saturated carbocycles. The Morgan fingerprint density at radius 3 is 1.52 bits per heavy atom. The van der Waals surface area contributed by atoms with E-state index in [1.54, 1.807) is 0 Å². The molecule has 1 atom stereocenters. The number of carbonyl (C=O) groups is 1. The van der Waals surface area contributed by atoms with E-state index in [-0.39, 0.29) is 5.75 Å². The van der Waals surface area contributed by atoms with E-state index in [0.717, 1.165) is 6.42 Å². The molecule has 0 bridgehead atoms. The summed E-state index contributed by atoms with van der Waals surface area (Å²) in [5, 5.41) is 7.87. The lowest BCUT2D eigenvalue weighted by Crippen LogP contribution is -2.25. The standard InChI is InChI=1S/C6H15N.C4H10O3S.C3H7NO2/c1-4-7(5-2)6-3;1-2-3-4-8(5,6)7;1-2(4)3(5)6/h4-6H2,1-3H3;2-4H2,1H3,(H,5,6,7);2H,4H2,1H3,(H,5,6). The van der Waals surface area contributed by atoms with Crippen molar-refractivity contribution in [3.63, 3.8) is 0 Å². The number of carboxylic acid groups (broad SMARTS) is 1. The van der Waals surface area contributed by atoms with Gasteiger partial charge in [0.1, 0.15) is 6.04 Å². The molecular formula is C13H32N2O5S. The third-order valence-corrected chi connectivity index (χ3v) is 3.29. The van der Waals surface area contributed by atoms with Crippen LogP contribution in [0.4, 0.5) is 0 Å². The van der Waals surface area contributed by atoms with Crippen molar-refractivity contribution < 1.29 is 22.9 Å². The van der Waals surface area contributed by atoms with E-state index >= 15 is 0 Å². The Bertz CT molecular complexity index is 322. The highest BCUT2D eigenvalue weighted by molar-refractivity contribution is 7.85. The van der Waals surface area contributed by atoms with E-state index in [1.165, 1.54) is 26.6 Å². The van der Waals surface area contributed by atoms with Crippen LogP contribution in [-0.4, -0.2) is 60.4 Å². The fraction of sp³-hybridized carbons (Fsp3) is 0.923. The molecule has 4 N–H and O–H groups in total. The second kappa shape index (κ2) is 15.7. The number of nitrogens with zero attached hydrogens (tertiary/aromatic N) is 1. The molecule has 0 heterocycles. The van der Waals surface area contributed by atoms with Gasteiger partial charge >= 0.3 is 5.97 Å². The van der Waals surface area contributed by atoms with Crippen LogP contribution >= 0.6 is 0 Å². The first kappa shape index (κ1) is 25.3. The maximum atomic E-state index is 9.95. The van der Waals surface area contributed by atoms with Gasteiger partial charge in [0, 0.05) is 0 Å². The molecule has 0 aromatic heterocycles. The Balaban J connectivity index is -0.000000234. The fourth-order valence-corrected chi connectivity index (χ4v) is 1.65. The van der Waals surface area contributed by atoms with E-state index in [1.807, 2.05) is 6.92 Å². The zero-order valence-corrected chi connectivity index (χ0v) is 14.7. The van der Waals surface area contributed by atoms with E-state index in [4.69, 9.17) is 15.4 Å². The predicted molar refractivity (Wildman–Crippen MR) is 86.1 cm³/mol. The Morgan fingerprint density at radius 1 is 1.14 bits per heavy atom. The highest BCUT2D eigenvalue weighted by atomic mass is 32.2. The number of carboxylic acids is 1. The summed E-state index contributed by atoms with van der Waals surface area (Å²) in [6.07, 6.45) is 1.33. The Labute approximate surface area is 129 Å². The molecular weight excluding hydrogens is 296 g/mol. The van der Waals surface area contributed by atoms with Crippen LogP contribution in [-0.2, 0) is 14.9 Å². The molecule has 21 heavy (non-hydrogen) atoms. The largest absolute Gasteiger partial charge is 0.480 e. The van der Waals surface area contributed by atoms with Crippen LogP contribution in [0.25, 0.3) is 0 Å². The molecule has 0 aromatic rings. The molecule has 130 valence electrons. The zero-order valence-electron chi connectivity index (χ0n) is 13.9. The lowest BCUT2D eigenvalue weighted by Gasteiger charge is -2.13. The van der Waals surface area contributed by atoms with Gasteiger partial charge in [0.15, 0.2) is 0 Å². The van der Waals surface area contributed by atoms with Gasteiger partial charge in [-0.2, -0.15) is 8.42 Å². The Hall–Kier alpha value is -0.700. The summed E-state index contributed by atoms with van der Waals surface area (Å²) in [7, 11) is -3.69. The summed E-state index contributed by atoms with van der Waals surface area (Å²) in [4.78, 5) is 11.9. The average Bonchev–Trinajstić information content (AvgIpc) is 2.39. The minimum Gasteiger partial charge on any atom is -0.480 e. The van der Waals surface area contributed by atoms with Crippen LogP contribution < -0.4 is 5.73 Å². The lowest BCUT2D eigenvalue weighted by molar-refractivity contribution is -0.138. The topological polar surface area (TPSA) is 121 Å². The van der Waals surface area contributed by atoms with E-state index in [2.05, 4.69) is 25.7 Å². The number of nitrogens with two attached hydrogens (primary N) is 1. The fourth-order valence-electron chi connectivity index (χ4n) is 0.998. The summed E-state index contributed by atoms with van der Waals surface area (Å²) in [6.45, 7) is 13.4. The minimum atomic E-state index is -3.69. The number of hydrogen-bond donors (Lipinski definition) is 3. The normalized spacial score (nSPS) is 11.8. The van der Waals surface area contributed by atoms with Crippen LogP contribution in [0, 0.1) is 0 Å². The SMILES string of the molecule is CC(N)C(=O)O.CCCCS(=O)(=O)O.CCN(CC)CC. The average molecular weight is 328 g/mol. The molecule has 0 aromatic carbocycles. The number of unbranched alkanes of at least 4 members (excludes halogenated alkanes) is 1. The minimum absolute atomic E-state index is 0.108. The first-order valence-electron chi connectivity index (χ1n) is 7.21. The van der Waals surface area contributed by atoms with Crippen molar-refractivity contribution in [3.05, 3.63) is 0 Å². The molecule has 0 saturated heterocycles. The lowest BCUT2D eigenvalue weighted by atomic mass is 10.4. The smallest absolute Gasteiger partial charge is 0.320 e. The zero-order chi connectivity index (χ0) is 17.5. The van der Waals surface area contributed by atoms with Crippen molar-refractivity contribution in [1.29, 1.82) is 0 Å². The van der Waals surface area contributed by atoms with Crippen molar-refractivity contribution >= 4 is 16.1 Å². The quantitative estimate of drug-likeness (QED) is 0.605. The molecule has 1 unspecified atom stereocenters. The van der Waals surface area contributed by atoms with E-state index in [0.29, 0.717) is 6.42 Å². The van der Waals surface area contributed by atoms with Crippen molar-refractivity contribution in [2.24, 2.45) is 5.73 Å². The highest BCUT2D eigenvalue weighted by Gasteiger charge is 2.00. The van der Waals surface area contributed by atoms with Crippen molar-refractivity contribution in [1.82, 2.24) is 4.90 Å². The van der Waals surface area contributed by atoms with Gasteiger partial charge in [-0.3, -0.25) is 9.35 Å². The molecule has 0 aliphatic carbocycles.